The van der Waals surface area contributed by atoms with Crippen molar-refractivity contribution in [3.8, 4) is 0 Å². The second-order valence-corrected chi connectivity index (χ2v) is 9.44. The number of pyridine rings is 1. The first-order valence-electron chi connectivity index (χ1n) is 8.45. The SMILES string of the molecule is CCN(CC)S(=O)(=O)c1ccc([C@H](/C=N\OC)c2ncc(C(F)(F)F)cc2Cl)s1. The Hall–Kier alpha value is -1.69. The average molecular weight is 470 g/mol. The van der Waals surface area contributed by atoms with Crippen molar-refractivity contribution in [2.24, 2.45) is 5.16 Å². The van der Waals surface area contributed by atoms with Gasteiger partial charge in [0.15, 0.2) is 0 Å². The summed E-state index contributed by atoms with van der Waals surface area (Å²) in [4.78, 5) is 9.03. The van der Waals surface area contributed by atoms with Crippen LogP contribution in [0.2, 0.25) is 5.02 Å². The van der Waals surface area contributed by atoms with Crippen LogP contribution in [0, 0.1) is 0 Å². The predicted octanol–water partition coefficient (Wildman–Crippen LogP) is 4.61. The third kappa shape index (κ3) is 5.27. The maximum Gasteiger partial charge on any atom is 0.417 e. The van der Waals surface area contributed by atoms with E-state index in [0.717, 1.165) is 17.4 Å². The predicted molar refractivity (Wildman–Crippen MR) is 106 cm³/mol. The molecule has 0 amide bonds. The van der Waals surface area contributed by atoms with Crippen LogP contribution in [0.1, 0.15) is 35.9 Å². The van der Waals surface area contributed by atoms with Crippen LogP contribution in [-0.4, -0.2) is 44.1 Å². The van der Waals surface area contributed by atoms with E-state index in [-0.39, 0.29) is 14.9 Å². The van der Waals surface area contributed by atoms with E-state index in [4.69, 9.17) is 11.6 Å². The Morgan fingerprint density at radius 1 is 1.34 bits per heavy atom. The first-order chi connectivity index (χ1) is 13.6. The lowest BCUT2D eigenvalue weighted by Gasteiger charge is -2.17. The number of hydrogen-bond acceptors (Lipinski definition) is 6. The number of sulfonamides is 1. The van der Waals surface area contributed by atoms with Crippen LogP contribution in [0.3, 0.4) is 0 Å². The van der Waals surface area contributed by atoms with Crippen LogP contribution in [0.25, 0.3) is 0 Å². The number of oxime groups is 1. The van der Waals surface area contributed by atoms with Crippen LogP contribution in [0.4, 0.5) is 13.2 Å². The number of alkyl halides is 3. The van der Waals surface area contributed by atoms with Gasteiger partial charge >= 0.3 is 6.18 Å². The van der Waals surface area contributed by atoms with Crippen LogP contribution in [-0.2, 0) is 21.0 Å². The third-order valence-corrected chi connectivity index (χ3v) is 8.00. The van der Waals surface area contributed by atoms with E-state index in [0.29, 0.717) is 24.2 Å². The molecule has 0 aliphatic rings. The highest BCUT2D eigenvalue weighted by Gasteiger charge is 2.33. The molecule has 1 atom stereocenters. The number of hydrogen-bond donors (Lipinski definition) is 0. The molecule has 0 unspecified atom stereocenters. The van der Waals surface area contributed by atoms with Crippen molar-refractivity contribution in [2.45, 2.75) is 30.2 Å². The van der Waals surface area contributed by atoms with Crippen molar-refractivity contribution in [1.29, 1.82) is 0 Å². The van der Waals surface area contributed by atoms with E-state index in [1.165, 1.54) is 23.7 Å². The number of thiophene rings is 1. The van der Waals surface area contributed by atoms with E-state index < -0.39 is 27.7 Å². The molecule has 2 heterocycles. The van der Waals surface area contributed by atoms with Crippen molar-refractivity contribution in [2.75, 3.05) is 20.2 Å². The summed E-state index contributed by atoms with van der Waals surface area (Å²) in [6, 6.07) is 3.78. The fourth-order valence-electron chi connectivity index (χ4n) is 2.56. The molecule has 0 saturated carbocycles. The summed E-state index contributed by atoms with van der Waals surface area (Å²) in [6.45, 7) is 4.09. The largest absolute Gasteiger partial charge is 0.417 e. The van der Waals surface area contributed by atoms with Crippen molar-refractivity contribution < 1.29 is 26.4 Å². The van der Waals surface area contributed by atoms with E-state index in [2.05, 4.69) is 15.0 Å². The van der Waals surface area contributed by atoms with Gasteiger partial charge in [-0.25, -0.2) is 8.42 Å². The summed E-state index contributed by atoms with van der Waals surface area (Å²) in [5, 5.41) is 3.46. The highest BCUT2D eigenvalue weighted by Crippen LogP contribution is 2.37. The van der Waals surface area contributed by atoms with Gasteiger partial charge in [-0.2, -0.15) is 17.5 Å². The Labute approximate surface area is 176 Å². The molecular weight excluding hydrogens is 451 g/mol. The monoisotopic (exact) mass is 469 g/mol. The van der Waals surface area contributed by atoms with Gasteiger partial charge < -0.3 is 4.84 Å². The first kappa shape index (κ1) is 23.6. The molecule has 29 heavy (non-hydrogen) atoms. The highest BCUT2D eigenvalue weighted by atomic mass is 35.5. The minimum Gasteiger partial charge on any atom is -0.399 e. The second kappa shape index (κ2) is 9.41. The van der Waals surface area contributed by atoms with Gasteiger partial charge in [-0.1, -0.05) is 30.6 Å². The van der Waals surface area contributed by atoms with Crippen LogP contribution in [0.5, 0.6) is 0 Å². The molecule has 0 spiro atoms. The summed E-state index contributed by atoms with van der Waals surface area (Å²) < 4.78 is 65.5. The summed E-state index contributed by atoms with van der Waals surface area (Å²) in [7, 11) is -2.37. The van der Waals surface area contributed by atoms with Crippen molar-refractivity contribution in [3.63, 3.8) is 0 Å². The molecule has 2 aromatic rings. The maximum atomic E-state index is 12.9. The molecule has 0 bridgehead atoms. The lowest BCUT2D eigenvalue weighted by Crippen LogP contribution is -2.29. The molecule has 2 aromatic heterocycles. The third-order valence-electron chi connectivity index (χ3n) is 4.02. The molecule has 0 aliphatic carbocycles. The van der Waals surface area contributed by atoms with Crippen LogP contribution < -0.4 is 0 Å². The number of rotatable bonds is 8. The van der Waals surface area contributed by atoms with E-state index >= 15 is 0 Å². The van der Waals surface area contributed by atoms with Crippen LogP contribution >= 0.6 is 22.9 Å². The van der Waals surface area contributed by atoms with E-state index in [1.807, 2.05) is 0 Å². The van der Waals surface area contributed by atoms with Gasteiger partial charge in [0, 0.05) is 24.2 Å². The molecular formula is C17H19ClF3N3O3S2. The molecule has 0 fully saturated rings. The van der Waals surface area contributed by atoms with Crippen molar-refractivity contribution in [1.82, 2.24) is 9.29 Å². The standard InChI is InChI=1S/C17H19ClF3N3O3S2/c1-4-24(5-2)29(25,26)15-7-6-14(28-15)12(10-23-27-3)16-13(18)8-11(9-22-16)17(19,20)21/h6-10,12H,4-5H2,1-3H3/b23-10-/t12-/m0/s1. The molecule has 0 saturated heterocycles. The first-order valence-corrected chi connectivity index (χ1v) is 11.1. The Kier molecular flexibility index (Phi) is 7.66. The fraction of sp³-hybridized carbons (Fsp3) is 0.412. The fourth-order valence-corrected chi connectivity index (χ4v) is 5.85. The van der Waals surface area contributed by atoms with Gasteiger partial charge in [0.2, 0.25) is 0 Å². The average Bonchev–Trinajstić information content (AvgIpc) is 3.14. The summed E-state index contributed by atoms with van der Waals surface area (Å²) >= 11 is 7.04. The maximum absolute atomic E-state index is 12.9. The molecule has 0 N–H and O–H groups in total. The summed E-state index contributed by atoms with van der Waals surface area (Å²) in [5.74, 6) is -0.782. The Balaban J connectivity index is 2.51. The highest BCUT2D eigenvalue weighted by molar-refractivity contribution is 7.91. The zero-order chi connectivity index (χ0) is 21.8. The molecule has 0 radical (unpaired) electrons. The quantitative estimate of drug-likeness (QED) is 0.418. The van der Waals surface area contributed by atoms with Crippen molar-refractivity contribution >= 4 is 39.2 Å². The van der Waals surface area contributed by atoms with Gasteiger partial charge in [0.25, 0.3) is 10.0 Å². The number of aromatic nitrogens is 1. The minimum atomic E-state index is -4.58. The molecule has 6 nitrogen and oxygen atoms in total. The number of nitrogens with zero attached hydrogens (tertiary/aromatic N) is 3. The Morgan fingerprint density at radius 3 is 2.52 bits per heavy atom. The van der Waals surface area contributed by atoms with E-state index in [9.17, 15) is 21.6 Å². The smallest absolute Gasteiger partial charge is 0.399 e. The Morgan fingerprint density at radius 2 is 2.00 bits per heavy atom. The van der Waals surface area contributed by atoms with Crippen molar-refractivity contribution in [3.05, 3.63) is 45.6 Å². The zero-order valence-corrected chi connectivity index (χ0v) is 18.2. The van der Waals surface area contributed by atoms with Crippen LogP contribution in [0.15, 0.2) is 33.8 Å². The van der Waals surface area contributed by atoms with Gasteiger partial charge in [-0.05, 0) is 18.2 Å². The van der Waals surface area contributed by atoms with Gasteiger partial charge in [0.1, 0.15) is 11.3 Å². The molecule has 2 rings (SSSR count). The normalized spacial score (nSPS) is 13.9. The second-order valence-electron chi connectivity index (χ2n) is 5.75. The minimum absolute atomic E-state index is 0.106. The summed E-state index contributed by atoms with van der Waals surface area (Å²) in [6.07, 6.45) is -2.60. The molecule has 0 aromatic carbocycles. The topological polar surface area (TPSA) is 71.9 Å². The molecule has 12 heteroatoms. The summed E-state index contributed by atoms with van der Waals surface area (Å²) in [5.41, 5.74) is -0.876. The molecule has 0 aliphatic heterocycles. The lowest BCUT2D eigenvalue weighted by molar-refractivity contribution is -0.137. The number of halogens is 4. The lowest BCUT2D eigenvalue weighted by atomic mass is 10.0. The molecule has 160 valence electrons. The zero-order valence-electron chi connectivity index (χ0n) is 15.8. The van der Waals surface area contributed by atoms with Gasteiger partial charge in [-0.15, -0.1) is 11.3 Å². The van der Waals surface area contributed by atoms with E-state index in [1.54, 1.807) is 19.9 Å². The van der Waals surface area contributed by atoms with Gasteiger partial charge in [-0.3, -0.25) is 4.98 Å². The Bertz CT molecular complexity index is 974. The van der Waals surface area contributed by atoms with Gasteiger partial charge in [0.05, 0.1) is 28.4 Å².